The number of carbonyl (C=O) groups excluding carboxylic acids is 1. The molecule has 2 aromatic rings. The molecule has 8 heteroatoms. The number of benzene rings is 1. The molecule has 132 valence electrons. The first-order chi connectivity index (χ1) is 10.9. The van der Waals surface area contributed by atoms with Crippen molar-refractivity contribution in [3.63, 3.8) is 0 Å². The minimum absolute atomic E-state index is 0. The van der Waals surface area contributed by atoms with Crippen LogP contribution in [0.25, 0.3) is 0 Å². The summed E-state index contributed by atoms with van der Waals surface area (Å²) in [4.78, 5) is 13.1. The van der Waals surface area contributed by atoms with E-state index in [9.17, 15) is 18.0 Å². The Balaban J connectivity index is 0.00000288. The minimum Gasteiger partial charge on any atom is -0.326 e. The van der Waals surface area contributed by atoms with Crippen LogP contribution in [0.3, 0.4) is 0 Å². The van der Waals surface area contributed by atoms with Crippen LogP contribution in [0.1, 0.15) is 28.8 Å². The minimum atomic E-state index is -4.47. The molecule has 0 fully saturated rings. The lowest BCUT2D eigenvalue weighted by Gasteiger charge is -2.12. The van der Waals surface area contributed by atoms with E-state index in [4.69, 9.17) is 5.73 Å². The zero-order chi connectivity index (χ0) is 16.9. The van der Waals surface area contributed by atoms with Gasteiger partial charge in [-0.25, -0.2) is 0 Å². The number of halogens is 4. The Hall–Kier alpha value is -1.57. The van der Waals surface area contributed by atoms with Gasteiger partial charge in [-0.05, 0) is 48.1 Å². The van der Waals surface area contributed by atoms with Gasteiger partial charge in [0.2, 0.25) is 5.91 Å². The van der Waals surface area contributed by atoms with Gasteiger partial charge in [0, 0.05) is 23.5 Å². The molecule has 24 heavy (non-hydrogen) atoms. The smallest absolute Gasteiger partial charge is 0.326 e. The van der Waals surface area contributed by atoms with Gasteiger partial charge in [-0.3, -0.25) is 4.79 Å². The van der Waals surface area contributed by atoms with Crippen LogP contribution >= 0.6 is 23.7 Å². The van der Waals surface area contributed by atoms with E-state index in [-0.39, 0.29) is 37.0 Å². The fourth-order valence-electron chi connectivity index (χ4n) is 2.15. The van der Waals surface area contributed by atoms with Crippen molar-refractivity contribution in [2.45, 2.75) is 32.0 Å². The average Bonchev–Trinajstić information content (AvgIpc) is 2.99. The second-order valence-corrected chi connectivity index (χ2v) is 6.13. The van der Waals surface area contributed by atoms with E-state index < -0.39 is 11.7 Å². The maximum absolute atomic E-state index is 12.8. The van der Waals surface area contributed by atoms with Crippen molar-refractivity contribution in [2.24, 2.45) is 5.73 Å². The first-order valence-electron chi connectivity index (χ1n) is 7.12. The number of amides is 1. The van der Waals surface area contributed by atoms with Crippen LogP contribution in [0.4, 0.5) is 18.9 Å². The summed E-state index contributed by atoms with van der Waals surface area (Å²) < 4.78 is 38.5. The van der Waals surface area contributed by atoms with Crippen molar-refractivity contribution in [2.75, 3.05) is 5.32 Å². The largest absolute Gasteiger partial charge is 0.416 e. The van der Waals surface area contributed by atoms with Crippen molar-refractivity contribution in [3.05, 3.63) is 51.7 Å². The molecule has 0 aliphatic carbocycles. The van der Waals surface area contributed by atoms with Gasteiger partial charge < -0.3 is 11.1 Å². The van der Waals surface area contributed by atoms with Gasteiger partial charge in [0.25, 0.3) is 0 Å². The molecule has 0 bridgehead atoms. The molecule has 0 saturated carbocycles. The number of hydrogen-bond acceptors (Lipinski definition) is 3. The zero-order valence-electron chi connectivity index (χ0n) is 12.7. The van der Waals surface area contributed by atoms with E-state index >= 15 is 0 Å². The number of anilines is 1. The summed E-state index contributed by atoms with van der Waals surface area (Å²) in [5.74, 6) is -0.302. The van der Waals surface area contributed by atoms with E-state index in [0.29, 0.717) is 12.0 Å². The van der Waals surface area contributed by atoms with E-state index in [1.54, 1.807) is 11.3 Å². The number of nitrogens with one attached hydrogen (secondary N) is 1. The highest BCUT2D eigenvalue weighted by Crippen LogP contribution is 2.32. The molecule has 0 aliphatic heterocycles. The quantitative estimate of drug-likeness (QED) is 0.771. The lowest BCUT2D eigenvalue weighted by atomic mass is 10.1. The Morgan fingerprint density at radius 2 is 2.00 bits per heavy atom. The molecule has 3 nitrogen and oxygen atoms in total. The van der Waals surface area contributed by atoms with Crippen molar-refractivity contribution in [3.8, 4) is 0 Å². The SMILES string of the molecule is Cl.NCc1cc(NC(=O)CCCc2cccs2)cc(C(F)(F)F)c1. The predicted molar refractivity (Wildman–Crippen MR) is 92.5 cm³/mol. The summed E-state index contributed by atoms with van der Waals surface area (Å²) in [7, 11) is 0. The molecule has 1 heterocycles. The molecule has 0 radical (unpaired) electrons. The highest BCUT2D eigenvalue weighted by molar-refractivity contribution is 7.09. The molecule has 0 saturated heterocycles. The Morgan fingerprint density at radius 1 is 1.25 bits per heavy atom. The van der Waals surface area contributed by atoms with Crippen LogP contribution in [-0.4, -0.2) is 5.91 Å². The maximum atomic E-state index is 12.8. The van der Waals surface area contributed by atoms with Crippen LogP contribution in [0.5, 0.6) is 0 Å². The molecular formula is C16H18ClF3N2OS. The van der Waals surface area contributed by atoms with Gasteiger partial charge in [-0.1, -0.05) is 6.07 Å². The Kier molecular flexibility index (Phi) is 7.72. The van der Waals surface area contributed by atoms with Crippen LogP contribution < -0.4 is 11.1 Å². The first kappa shape index (κ1) is 20.5. The number of rotatable bonds is 6. The van der Waals surface area contributed by atoms with Crippen LogP contribution in [0.15, 0.2) is 35.7 Å². The predicted octanol–water partition coefficient (Wildman–Crippen LogP) is 4.61. The van der Waals surface area contributed by atoms with Gasteiger partial charge in [-0.2, -0.15) is 13.2 Å². The summed E-state index contributed by atoms with van der Waals surface area (Å²) in [5.41, 5.74) is 5.06. The highest BCUT2D eigenvalue weighted by Gasteiger charge is 2.31. The van der Waals surface area contributed by atoms with Gasteiger partial charge in [0.1, 0.15) is 0 Å². The molecule has 3 N–H and O–H groups in total. The fraction of sp³-hybridized carbons (Fsp3) is 0.312. The van der Waals surface area contributed by atoms with Crippen LogP contribution in [0, 0.1) is 0 Å². The van der Waals surface area contributed by atoms with E-state index in [2.05, 4.69) is 5.32 Å². The summed E-state index contributed by atoms with van der Waals surface area (Å²) in [5, 5.41) is 4.48. The standard InChI is InChI=1S/C16H17F3N2OS.ClH/c17-16(18,19)12-7-11(10-20)8-13(9-12)21-15(22)5-1-3-14-4-2-6-23-14;/h2,4,6-9H,1,3,5,10,20H2,(H,21,22);1H. The first-order valence-corrected chi connectivity index (χ1v) is 8.00. The molecule has 1 aromatic heterocycles. The molecule has 2 rings (SSSR count). The zero-order valence-corrected chi connectivity index (χ0v) is 14.4. The number of nitrogens with two attached hydrogens (primary N) is 1. The summed E-state index contributed by atoms with van der Waals surface area (Å²) in [6.45, 7) is -0.0227. The van der Waals surface area contributed by atoms with Gasteiger partial charge in [0.05, 0.1) is 5.56 Å². The van der Waals surface area contributed by atoms with E-state index in [1.165, 1.54) is 10.9 Å². The van der Waals surface area contributed by atoms with Gasteiger partial charge in [-0.15, -0.1) is 23.7 Å². The Morgan fingerprint density at radius 3 is 2.58 bits per heavy atom. The molecule has 1 amide bonds. The molecular weight excluding hydrogens is 361 g/mol. The molecule has 0 aliphatic rings. The number of thiophene rings is 1. The van der Waals surface area contributed by atoms with Gasteiger partial charge in [0.15, 0.2) is 0 Å². The second kappa shape index (κ2) is 9.05. The molecule has 1 aromatic carbocycles. The van der Waals surface area contributed by atoms with Crippen LogP contribution in [-0.2, 0) is 23.9 Å². The lowest BCUT2D eigenvalue weighted by molar-refractivity contribution is -0.137. The number of alkyl halides is 3. The normalized spacial score (nSPS) is 11.0. The second-order valence-electron chi connectivity index (χ2n) is 5.10. The van der Waals surface area contributed by atoms with Crippen molar-refractivity contribution < 1.29 is 18.0 Å². The van der Waals surface area contributed by atoms with E-state index in [0.717, 1.165) is 18.6 Å². The highest BCUT2D eigenvalue weighted by atomic mass is 35.5. The summed E-state index contributed by atoms with van der Waals surface area (Å²) in [6, 6.07) is 7.31. The lowest BCUT2D eigenvalue weighted by Crippen LogP contribution is -2.14. The Bertz CT molecular complexity index is 660. The molecule has 0 spiro atoms. The number of aryl methyl sites for hydroxylation is 1. The molecule has 0 atom stereocenters. The third kappa shape index (κ3) is 6.14. The maximum Gasteiger partial charge on any atom is 0.416 e. The summed E-state index contributed by atoms with van der Waals surface area (Å²) in [6.07, 6.45) is -2.79. The average molecular weight is 379 g/mol. The molecule has 0 unspecified atom stereocenters. The third-order valence-electron chi connectivity index (χ3n) is 3.25. The Labute approximate surface area is 148 Å². The number of hydrogen-bond donors (Lipinski definition) is 2. The monoisotopic (exact) mass is 378 g/mol. The van der Waals surface area contributed by atoms with Gasteiger partial charge >= 0.3 is 6.18 Å². The van der Waals surface area contributed by atoms with Crippen LogP contribution in [0.2, 0.25) is 0 Å². The fourth-order valence-corrected chi connectivity index (χ4v) is 2.90. The van der Waals surface area contributed by atoms with Crippen molar-refractivity contribution in [1.82, 2.24) is 0 Å². The summed E-state index contributed by atoms with van der Waals surface area (Å²) >= 11 is 1.62. The van der Waals surface area contributed by atoms with Crippen molar-refractivity contribution >= 4 is 35.3 Å². The third-order valence-corrected chi connectivity index (χ3v) is 4.18. The number of carbonyl (C=O) groups is 1. The van der Waals surface area contributed by atoms with Crippen molar-refractivity contribution in [1.29, 1.82) is 0 Å². The topological polar surface area (TPSA) is 55.1 Å². The van der Waals surface area contributed by atoms with E-state index in [1.807, 2.05) is 17.5 Å².